The predicted octanol–water partition coefficient (Wildman–Crippen LogP) is 4.16. The lowest BCUT2D eigenvalue weighted by molar-refractivity contribution is 0.00578. The Balaban J connectivity index is 1.87. The molecule has 1 aromatic heterocycles. The van der Waals surface area contributed by atoms with E-state index in [0.717, 1.165) is 11.1 Å². The molecule has 3 rings (SSSR count). The van der Waals surface area contributed by atoms with Crippen molar-refractivity contribution in [1.29, 1.82) is 0 Å². The molecule has 1 saturated heterocycles. The lowest BCUT2D eigenvalue weighted by atomic mass is 9.75. The van der Waals surface area contributed by atoms with Crippen LogP contribution in [0.1, 0.15) is 50.5 Å². The Kier molecular flexibility index (Phi) is 7.48. The Labute approximate surface area is 202 Å². The van der Waals surface area contributed by atoms with Crippen molar-refractivity contribution in [3.05, 3.63) is 59.8 Å². The number of anilines is 3. The van der Waals surface area contributed by atoms with Crippen molar-refractivity contribution < 1.29 is 18.8 Å². The molecule has 0 bridgehead atoms. The summed E-state index contributed by atoms with van der Waals surface area (Å²) < 4.78 is 17.3. The Bertz CT molecular complexity index is 1100. The molecule has 1 aliphatic heterocycles. The van der Waals surface area contributed by atoms with Crippen LogP contribution in [-0.4, -0.2) is 47.9 Å². The number of aryl methyl sites for hydroxylation is 1. The van der Waals surface area contributed by atoms with Crippen LogP contribution in [0.25, 0.3) is 0 Å². The van der Waals surface area contributed by atoms with E-state index in [2.05, 4.69) is 27.2 Å². The number of aromatic nitrogens is 2. The number of nitrogens with zero attached hydrogens (tertiary/aromatic N) is 2. The van der Waals surface area contributed by atoms with Crippen LogP contribution >= 0.6 is 0 Å². The summed E-state index contributed by atoms with van der Waals surface area (Å²) in [6, 6.07) is 5.32. The number of esters is 1. The van der Waals surface area contributed by atoms with Gasteiger partial charge < -0.3 is 24.7 Å². The molecule has 1 aliphatic rings. The molecule has 0 aliphatic carbocycles. The number of rotatable bonds is 8. The molecule has 2 N–H and O–H groups in total. The maximum Gasteiger partial charge on any atom is 0.495 e. The summed E-state index contributed by atoms with van der Waals surface area (Å²) in [6.07, 6.45) is 5.53. The molecule has 9 heteroatoms. The number of ether oxygens (including phenoxy) is 1. The van der Waals surface area contributed by atoms with Crippen molar-refractivity contribution in [3.63, 3.8) is 0 Å². The summed E-state index contributed by atoms with van der Waals surface area (Å²) in [5.41, 5.74) is 2.51. The van der Waals surface area contributed by atoms with Crippen LogP contribution in [0.15, 0.2) is 48.7 Å². The Morgan fingerprint density at radius 3 is 2.50 bits per heavy atom. The largest absolute Gasteiger partial charge is 0.495 e. The van der Waals surface area contributed by atoms with Gasteiger partial charge in [-0.25, -0.2) is 9.78 Å². The second-order valence-electron chi connectivity index (χ2n) is 9.15. The molecule has 2 aromatic rings. The van der Waals surface area contributed by atoms with Crippen LogP contribution < -0.4 is 16.1 Å². The Morgan fingerprint density at radius 2 is 1.91 bits per heavy atom. The van der Waals surface area contributed by atoms with Gasteiger partial charge in [0.15, 0.2) is 0 Å². The maximum absolute atomic E-state index is 12.6. The first-order valence-corrected chi connectivity index (χ1v) is 11.2. The first-order chi connectivity index (χ1) is 16.0. The number of carbonyl (C=O) groups is 1. The van der Waals surface area contributed by atoms with Crippen LogP contribution in [0.2, 0.25) is 0 Å². The van der Waals surface area contributed by atoms with Gasteiger partial charge in [0, 0.05) is 24.0 Å². The van der Waals surface area contributed by atoms with Gasteiger partial charge in [-0.15, -0.1) is 0 Å². The zero-order valence-corrected chi connectivity index (χ0v) is 21.0. The molecule has 0 atom stereocenters. The van der Waals surface area contributed by atoms with Crippen molar-refractivity contribution in [2.45, 2.75) is 52.7 Å². The highest BCUT2D eigenvalue weighted by atomic mass is 16.7. The van der Waals surface area contributed by atoms with Crippen LogP contribution in [0.3, 0.4) is 0 Å². The molecule has 0 amide bonds. The van der Waals surface area contributed by atoms with E-state index in [1.54, 1.807) is 24.4 Å². The first-order valence-electron chi connectivity index (χ1n) is 11.2. The average Bonchev–Trinajstić information content (AvgIpc) is 3.02. The summed E-state index contributed by atoms with van der Waals surface area (Å²) >= 11 is 0. The lowest BCUT2D eigenvalue weighted by Gasteiger charge is -2.32. The summed E-state index contributed by atoms with van der Waals surface area (Å²) in [5, 5.41) is 6.47. The number of benzene rings is 1. The minimum absolute atomic E-state index is 0.347. The smallest absolute Gasteiger partial charge is 0.465 e. The molecule has 34 heavy (non-hydrogen) atoms. The van der Waals surface area contributed by atoms with Crippen molar-refractivity contribution in [2.75, 3.05) is 24.3 Å². The van der Waals surface area contributed by atoms with Crippen molar-refractivity contribution in [3.8, 4) is 0 Å². The van der Waals surface area contributed by atoms with E-state index in [1.807, 2.05) is 53.7 Å². The van der Waals surface area contributed by atoms with Gasteiger partial charge in [-0.05, 0) is 64.7 Å². The summed E-state index contributed by atoms with van der Waals surface area (Å²) in [5.74, 6) is 0.623. The topological polar surface area (TPSA) is 94.6 Å². The van der Waals surface area contributed by atoms with E-state index in [4.69, 9.17) is 14.0 Å². The minimum Gasteiger partial charge on any atom is -0.465 e. The summed E-state index contributed by atoms with van der Waals surface area (Å²) in [4.78, 5) is 21.6. The molecule has 0 radical (unpaired) electrons. The summed E-state index contributed by atoms with van der Waals surface area (Å²) in [7, 11) is 0.657. The second kappa shape index (κ2) is 9.99. The molecule has 1 aromatic carbocycles. The molecule has 0 unspecified atom stereocenters. The fourth-order valence-electron chi connectivity index (χ4n) is 3.38. The standard InChI is InChI=1S/C25H33BN4O4/c1-9-17(10-2)15-27-21-16(3)14-28-23(30-21)29-18-11-12-20(19(13-18)22(31)32-8)26-33-24(4,5)25(6,7)34-26/h9-14H,1,15H2,2-8H3,(H2,27,28,29,30)/b17-10+. The predicted molar refractivity (Wildman–Crippen MR) is 136 cm³/mol. The van der Waals surface area contributed by atoms with Gasteiger partial charge in [0.1, 0.15) is 5.82 Å². The fraction of sp³-hybridized carbons (Fsp3) is 0.400. The number of methoxy groups -OCH3 is 1. The Hall–Kier alpha value is -3.17. The van der Waals surface area contributed by atoms with Crippen LogP contribution in [0.5, 0.6) is 0 Å². The minimum atomic E-state index is -0.690. The maximum atomic E-state index is 12.6. The fourth-order valence-corrected chi connectivity index (χ4v) is 3.38. The van der Waals surface area contributed by atoms with Crippen molar-refractivity contribution >= 4 is 36.0 Å². The van der Waals surface area contributed by atoms with Crippen LogP contribution in [0, 0.1) is 6.92 Å². The van der Waals surface area contributed by atoms with Crippen molar-refractivity contribution in [1.82, 2.24) is 9.97 Å². The normalized spacial score (nSPS) is 16.8. The van der Waals surface area contributed by atoms with E-state index in [1.165, 1.54) is 7.11 Å². The van der Waals surface area contributed by atoms with Crippen molar-refractivity contribution in [2.24, 2.45) is 0 Å². The highest BCUT2D eigenvalue weighted by Crippen LogP contribution is 2.37. The third kappa shape index (κ3) is 5.31. The molecule has 180 valence electrons. The van der Waals surface area contributed by atoms with E-state index in [-0.39, 0.29) is 0 Å². The third-order valence-corrected chi connectivity index (χ3v) is 6.29. The second-order valence-corrected chi connectivity index (χ2v) is 9.15. The van der Waals surface area contributed by atoms with Gasteiger partial charge in [-0.1, -0.05) is 24.8 Å². The lowest BCUT2D eigenvalue weighted by Crippen LogP contribution is -2.41. The molecule has 1 fully saturated rings. The third-order valence-electron chi connectivity index (χ3n) is 6.29. The monoisotopic (exact) mass is 464 g/mol. The molecular formula is C25H33BN4O4. The number of allylic oxidation sites excluding steroid dienone is 1. The van der Waals surface area contributed by atoms with Gasteiger partial charge in [-0.3, -0.25) is 0 Å². The van der Waals surface area contributed by atoms with E-state index < -0.39 is 24.3 Å². The average molecular weight is 464 g/mol. The molecule has 0 saturated carbocycles. The highest BCUT2D eigenvalue weighted by Gasteiger charge is 2.52. The van der Waals surface area contributed by atoms with E-state index in [9.17, 15) is 4.79 Å². The molecule has 2 heterocycles. The molecule has 0 spiro atoms. The van der Waals surface area contributed by atoms with Crippen LogP contribution in [-0.2, 0) is 14.0 Å². The Morgan fingerprint density at radius 1 is 1.24 bits per heavy atom. The van der Waals surface area contributed by atoms with Crippen LogP contribution in [0.4, 0.5) is 17.5 Å². The number of nitrogens with one attached hydrogen (secondary N) is 2. The number of carbonyl (C=O) groups excluding carboxylic acids is 1. The van der Waals surface area contributed by atoms with Gasteiger partial charge in [-0.2, -0.15) is 4.98 Å². The zero-order valence-electron chi connectivity index (χ0n) is 21.0. The zero-order chi connectivity index (χ0) is 25.1. The first kappa shape index (κ1) is 25.5. The van der Waals surface area contributed by atoms with E-state index >= 15 is 0 Å². The van der Waals surface area contributed by atoms with Gasteiger partial charge in [0.25, 0.3) is 0 Å². The van der Waals surface area contributed by atoms with Gasteiger partial charge in [0.05, 0.1) is 23.9 Å². The summed E-state index contributed by atoms with van der Waals surface area (Å²) in [6.45, 7) is 16.2. The highest BCUT2D eigenvalue weighted by molar-refractivity contribution is 6.63. The molecular weight excluding hydrogens is 431 g/mol. The van der Waals surface area contributed by atoms with Gasteiger partial charge in [0.2, 0.25) is 5.95 Å². The van der Waals surface area contributed by atoms with E-state index in [0.29, 0.717) is 35.0 Å². The molecule has 8 nitrogen and oxygen atoms in total. The van der Waals surface area contributed by atoms with Gasteiger partial charge >= 0.3 is 13.1 Å². The number of hydrogen-bond acceptors (Lipinski definition) is 8. The SMILES string of the molecule is C=C/C(=C\C)CNc1nc(Nc2ccc(B3OC(C)(C)C(C)(C)O3)c(C(=O)OC)c2)ncc1C. The number of hydrogen-bond donors (Lipinski definition) is 2. The quantitative estimate of drug-likeness (QED) is 0.342.